The highest BCUT2D eigenvalue weighted by molar-refractivity contribution is 6.04. The molecule has 1 aromatic heterocycles. The van der Waals surface area contributed by atoms with Crippen molar-refractivity contribution in [3.8, 4) is 28.4 Å². The average molecular weight is 592 g/mol. The number of nitrogens with one attached hydrogen (secondary N) is 1. The van der Waals surface area contributed by atoms with Crippen LogP contribution in [-0.4, -0.2) is 44.7 Å². The number of halogens is 1. The summed E-state index contributed by atoms with van der Waals surface area (Å²) in [6.07, 6.45) is 3.78. The van der Waals surface area contributed by atoms with Gasteiger partial charge in [0.1, 0.15) is 29.1 Å². The molecule has 1 aliphatic heterocycles. The van der Waals surface area contributed by atoms with Gasteiger partial charge in [-0.15, -0.1) is 0 Å². The first-order valence-electron chi connectivity index (χ1n) is 14.6. The lowest BCUT2D eigenvalue weighted by Crippen LogP contribution is -2.44. The molecule has 2 heterocycles. The number of benzene rings is 2. The van der Waals surface area contributed by atoms with Crippen LogP contribution in [0.4, 0.5) is 9.18 Å². The number of aryl methyl sites for hydroxylation is 3. The number of aromatic nitrogens is 1. The Balaban J connectivity index is 1.50. The number of ether oxygens (including phenoxy) is 2. The van der Waals surface area contributed by atoms with Crippen molar-refractivity contribution < 1.29 is 28.6 Å². The highest BCUT2D eigenvalue weighted by Crippen LogP contribution is 2.42. The smallest absolute Gasteiger partial charge is 0.325 e. The molecule has 43 heavy (non-hydrogen) atoms. The van der Waals surface area contributed by atoms with E-state index in [9.17, 15) is 23.9 Å². The molecule has 10 heteroatoms. The van der Waals surface area contributed by atoms with E-state index >= 15 is 0 Å². The van der Waals surface area contributed by atoms with Gasteiger partial charge < -0.3 is 24.5 Å². The first-order chi connectivity index (χ1) is 20.2. The van der Waals surface area contributed by atoms with Crippen molar-refractivity contribution in [1.29, 1.82) is 0 Å². The highest BCUT2D eigenvalue weighted by Gasteiger charge is 2.41. The number of amides is 3. The van der Waals surface area contributed by atoms with Crippen molar-refractivity contribution in [3.63, 3.8) is 0 Å². The van der Waals surface area contributed by atoms with Crippen molar-refractivity contribution >= 4 is 11.9 Å². The molecule has 3 amide bonds. The summed E-state index contributed by atoms with van der Waals surface area (Å²) >= 11 is 0. The number of rotatable bonds is 7. The lowest BCUT2D eigenvalue weighted by Gasteiger charge is -2.33. The maximum Gasteiger partial charge on any atom is 0.325 e. The number of hydrogen-bond donors (Lipinski definition) is 2. The van der Waals surface area contributed by atoms with Crippen LogP contribution in [0, 0.1) is 19.7 Å². The maximum atomic E-state index is 14.0. The Bertz CT molecular complexity index is 1610. The largest absolute Gasteiger partial charge is 0.490 e. The van der Waals surface area contributed by atoms with Crippen LogP contribution in [0.5, 0.6) is 17.2 Å². The van der Waals surface area contributed by atoms with Crippen molar-refractivity contribution in [2.75, 3.05) is 0 Å². The molecule has 1 aliphatic carbocycles. The fraction of sp³-hybridized carbons (Fsp3) is 0.424. The summed E-state index contributed by atoms with van der Waals surface area (Å²) in [5, 5.41) is 13.5. The van der Waals surface area contributed by atoms with E-state index in [1.165, 1.54) is 27.7 Å². The molecule has 0 bridgehead atoms. The minimum Gasteiger partial charge on any atom is -0.490 e. The summed E-state index contributed by atoms with van der Waals surface area (Å²) in [5.74, 6) is 0.756. The van der Waals surface area contributed by atoms with Crippen LogP contribution in [-0.2, 0) is 17.4 Å². The second kappa shape index (κ2) is 11.5. The Morgan fingerprint density at radius 1 is 0.953 bits per heavy atom. The average Bonchev–Trinajstić information content (AvgIpc) is 3.18. The summed E-state index contributed by atoms with van der Waals surface area (Å²) in [6.45, 7) is 8.59. The fourth-order valence-corrected chi connectivity index (χ4v) is 5.86. The summed E-state index contributed by atoms with van der Waals surface area (Å²) in [6, 6.07) is 8.50. The van der Waals surface area contributed by atoms with Crippen molar-refractivity contribution in [2.45, 2.75) is 84.1 Å². The second-order valence-corrected chi connectivity index (χ2v) is 12.2. The van der Waals surface area contributed by atoms with E-state index in [2.05, 4.69) is 5.32 Å². The number of carbonyl (C=O) groups excluding carboxylic acids is 2. The van der Waals surface area contributed by atoms with Crippen molar-refractivity contribution in [1.82, 2.24) is 14.8 Å². The van der Waals surface area contributed by atoms with E-state index in [1.807, 2.05) is 6.07 Å². The van der Waals surface area contributed by atoms with Gasteiger partial charge in [-0.3, -0.25) is 14.5 Å². The van der Waals surface area contributed by atoms with Gasteiger partial charge in [-0.25, -0.2) is 9.18 Å². The zero-order valence-corrected chi connectivity index (χ0v) is 25.4. The highest BCUT2D eigenvalue weighted by atomic mass is 19.1. The van der Waals surface area contributed by atoms with Crippen LogP contribution in [0.1, 0.15) is 63.1 Å². The molecule has 1 saturated heterocycles. The molecule has 0 spiro atoms. The molecule has 2 fully saturated rings. The number of nitrogens with zero attached hydrogens (tertiary/aromatic N) is 2. The van der Waals surface area contributed by atoms with Gasteiger partial charge in [0, 0.05) is 36.5 Å². The third-order valence-electron chi connectivity index (χ3n) is 8.27. The van der Waals surface area contributed by atoms with Gasteiger partial charge in [0.15, 0.2) is 0 Å². The normalized spacial score (nSPS) is 20.7. The first-order valence-corrected chi connectivity index (χ1v) is 14.6. The van der Waals surface area contributed by atoms with Gasteiger partial charge in [-0.2, -0.15) is 0 Å². The Morgan fingerprint density at radius 3 is 2.19 bits per heavy atom. The lowest BCUT2D eigenvalue weighted by molar-refractivity contribution is -0.129. The van der Waals surface area contributed by atoms with Crippen LogP contribution >= 0.6 is 0 Å². The Kier molecular flexibility index (Phi) is 8.09. The number of imide groups is 1. The number of hydrogen-bond acceptors (Lipinski definition) is 6. The van der Waals surface area contributed by atoms with Crippen molar-refractivity contribution in [2.24, 2.45) is 7.05 Å². The third-order valence-corrected chi connectivity index (χ3v) is 8.27. The van der Waals surface area contributed by atoms with E-state index in [-0.39, 0.29) is 35.5 Å². The SMILES string of the molecule is Cc1cc(F)cc(C)c1Oc1ccc(C(C)(C)O)cc1-c1cn(C)c(=O)cc1OC1CCC(N2C(=O)N[C@@H](C)C2=O)CC1. The molecular weight excluding hydrogens is 553 g/mol. The molecule has 228 valence electrons. The number of urea groups is 1. The van der Waals surface area contributed by atoms with Gasteiger partial charge in [0.25, 0.3) is 11.5 Å². The summed E-state index contributed by atoms with van der Waals surface area (Å²) in [5.41, 5.74) is 1.65. The monoisotopic (exact) mass is 591 g/mol. The second-order valence-electron chi connectivity index (χ2n) is 12.2. The zero-order valence-electron chi connectivity index (χ0n) is 25.4. The van der Waals surface area contributed by atoms with Crippen LogP contribution in [0.2, 0.25) is 0 Å². The molecule has 0 unspecified atom stereocenters. The minimum absolute atomic E-state index is 0.203. The predicted molar refractivity (Wildman–Crippen MR) is 160 cm³/mol. The summed E-state index contributed by atoms with van der Waals surface area (Å²) in [7, 11) is 1.65. The zero-order chi connectivity index (χ0) is 31.2. The molecule has 0 radical (unpaired) electrons. The van der Waals surface area contributed by atoms with Crippen LogP contribution in [0.25, 0.3) is 11.1 Å². The summed E-state index contributed by atoms with van der Waals surface area (Å²) in [4.78, 5) is 39.0. The molecular formula is C33H38FN3O6. The van der Waals surface area contributed by atoms with Gasteiger partial charge in [0.2, 0.25) is 0 Å². The fourth-order valence-electron chi connectivity index (χ4n) is 5.86. The Hall–Kier alpha value is -4.18. The van der Waals surface area contributed by atoms with Crippen LogP contribution < -0.4 is 20.3 Å². The molecule has 2 aliphatic rings. The third kappa shape index (κ3) is 6.15. The van der Waals surface area contributed by atoms with Gasteiger partial charge in [-0.05, 0) is 101 Å². The van der Waals surface area contributed by atoms with Crippen LogP contribution in [0.3, 0.4) is 0 Å². The first kappa shape index (κ1) is 30.3. The molecule has 1 atom stereocenters. The summed E-state index contributed by atoms with van der Waals surface area (Å²) < 4.78 is 28.3. The van der Waals surface area contributed by atoms with E-state index in [4.69, 9.17) is 9.47 Å². The Morgan fingerprint density at radius 2 is 1.60 bits per heavy atom. The molecule has 5 rings (SSSR count). The topological polar surface area (TPSA) is 110 Å². The quantitative estimate of drug-likeness (QED) is 0.353. The number of aliphatic hydroxyl groups is 1. The lowest BCUT2D eigenvalue weighted by atomic mass is 9.91. The maximum absolute atomic E-state index is 14.0. The van der Waals surface area contributed by atoms with E-state index in [1.54, 1.807) is 60.0 Å². The van der Waals surface area contributed by atoms with Crippen LogP contribution in [0.15, 0.2) is 47.4 Å². The minimum atomic E-state index is -1.16. The standard InChI is InChI=1S/C33H38FN3O6/c1-18-13-22(34)14-19(2)30(18)43-27-12-7-21(33(4,5)41)15-25(27)26-17-36(6)29(38)16-28(26)42-24-10-8-23(9-11-24)37-31(39)20(3)35-32(37)40/h7,12-17,20,23-24,41H,8-11H2,1-6H3,(H,35,40)/t20-,23?,24?/m0/s1. The van der Waals surface area contributed by atoms with Gasteiger partial charge in [0.05, 0.1) is 11.7 Å². The van der Waals surface area contributed by atoms with Crippen molar-refractivity contribution in [3.05, 3.63) is 75.5 Å². The van der Waals surface area contributed by atoms with Gasteiger partial charge in [-0.1, -0.05) is 6.07 Å². The van der Waals surface area contributed by atoms with E-state index in [0.717, 1.165) is 0 Å². The number of pyridine rings is 1. The number of carbonyl (C=O) groups is 2. The van der Waals surface area contributed by atoms with Gasteiger partial charge >= 0.3 is 6.03 Å². The molecule has 3 aromatic rings. The molecule has 9 nitrogen and oxygen atoms in total. The molecule has 2 N–H and O–H groups in total. The van der Waals surface area contributed by atoms with E-state index in [0.29, 0.717) is 70.7 Å². The Labute approximate surface area is 250 Å². The van der Waals surface area contributed by atoms with E-state index < -0.39 is 11.6 Å². The molecule has 2 aromatic carbocycles. The molecule has 1 saturated carbocycles. The predicted octanol–water partition coefficient (Wildman–Crippen LogP) is 5.46.